The number of esters is 2. The minimum absolute atomic E-state index is 0.00836. The van der Waals surface area contributed by atoms with Gasteiger partial charge in [0.15, 0.2) is 17.5 Å². The fourth-order valence-corrected chi connectivity index (χ4v) is 8.81. The van der Waals surface area contributed by atoms with E-state index in [9.17, 15) is 34.8 Å². The van der Waals surface area contributed by atoms with E-state index in [0.29, 0.717) is 12.0 Å². The summed E-state index contributed by atoms with van der Waals surface area (Å²) in [6.07, 6.45) is 5.08. The average molecular weight is 611 g/mol. The number of rotatable bonds is 11. The molecular weight excluding hydrogens is 564 g/mol. The molecule has 4 aliphatic carbocycles. The number of carbonyl (C=O) groups is 3. The Morgan fingerprint density at radius 1 is 1.07 bits per heavy atom. The molecule has 2 saturated carbocycles. The maximum Gasteiger partial charge on any atom is 0.338 e. The van der Waals surface area contributed by atoms with Crippen molar-refractivity contribution < 1.29 is 44.3 Å². The normalized spacial score (nSPS) is 38.8. The number of allylic oxidation sites excluding steroid dienone is 1. The highest BCUT2D eigenvalue weighted by molar-refractivity contribution is 5.96. The van der Waals surface area contributed by atoms with Crippen LogP contribution in [0.3, 0.4) is 0 Å². The van der Waals surface area contributed by atoms with E-state index in [1.165, 1.54) is 6.08 Å². The molecule has 4 N–H and O–H groups in total. The van der Waals surface area contributed by atoms with E-state index in [0.717, 1.165) is 25.7 Å². The van der Waals surface area contributed by atoms with Crippen LogP contribution in [0.5, 0.6) is 0 Å². The molecule has 2 bridgehead atoms. The van der Waals surface area contributed by atoms with Crippen LogP contribution in [-0.2, 0) is 19.1 Å². The van der Waals surface area contributed by atoms with Gasteiger partial charge in [-0.1, -0.05) is 76.8 Å². The molecule has 0 aliphatic heterocycles. The molecule has 44 heavy (non-hydrogen) atoms. The van der Waals surface area contributed by atoms with Crippen molar-refractivity contribution in [3.63, 3.8) is 0 Å². The van der Waals surface area contributed by atoms with E-state index in [1.807, 2.05) is 0 Å². The molecule has 9 nitrogen and oxygen atoms in total. The zero-order chi connectivity index (χ0) is 32.1. The highest BCUT2D eigenvalue weighted by atomic mass is 16.6. The first kappa shape index (κ1) is 32.5. The fraction of sp³-hybridized carbons (Fsp3) is 0.629. The van der Waals surface area contributed by atoms with Crippen molar-refractivity contribution in [1.29, 1.82) is 0 Å². The van der Waals surface area contributed by atoms with Crippen LogP contribution in [0.2, 0.25) is 0 Å². The Balaban J connectivity index is 1.56. The summed E-state index contributed by atoms with van der Waals surface area (Å²) in [5, 5.41) is 45.5. The van der Waals surface area contributed by atoms with Gasteiger partial charge in [0.2, 0.25) is 0 Å². The third kappa shape index (κ3) is 4.53. The molecule has 1 aromatic rings. The van der Waals surface area contributed by atoms with Crippen LogP contribution in [0.4, 0.5) is 0 Å². The Hall–Kier alpha value is -2.85. The second-order valence-corrected chi connectivity index (χ2v) is 13.6. The molecular formula is C35H46O9. The van der Waals surface area contributed by atoms with Crippen LogP contribution in [0, 0.1) is 28.6 Å². The average Bonchev–Trinajstić information content (AvgIpc) is 3.46. The van der Waals surface area contributed by atoms with Crippen molar-refractivity contribution in [2.45, 2.75) is 96.1 Å². The lowest BCUT2D eigenvalue weighted by Gasteiger charge is -2.49. The number of hydrogen-bond acceptors (Lipinski definition) is 9. The van der Waals surface area contributed by atoms with Gasteiger partial charge in [-0.15, -0.1) is 0 Å². The fourth-order valence-electron chi connectivity index (χ4n) is 8.81. The SMILES string of the molecule is CCCCCCCC(=O)O[C@@]12C[C@@H](C)[C@]34C=C(C)[C@H](OC(=O)c5ccccc5)[C@@]3(O)[C@H](O)C(CO)=C[C@H](C4=O)[C@@H]1C2(C)CO. The molecule has 9 atom stereocenters. The van der Waals surface area contributed by atoms with Crippen molar-refractivity contribution in [1.82, 2.24) is 0 Å². The third-order valence-corrected chi connectivity index (χ3v) is 11.1. The van der Waals surface area contributed by atoms with Gasteiger partial charge in [0, 0.05) is 23.7 Å². The van der Waals surface area contributed by atoms with Crippen LogP contribution < -0.4 is 0 Å². The molecule has 1 aromatic carbocycles. The molecule has 0 aromatic heterocycles. The molecule has 0 heterocycles. The maximum absolute atomic E-state index is 14.9. The van der Waals surface area contributed by atoms with Crippen LogP contribution in [-0.4, -0.2) is 74.8 Å². The molecule has 2 fully saturated rings. The summed E-state index contributed by atoms with van der Waals surface area (Å²) in [6.45, 7) is 6.32. The van der Waals surface area contributed by atoms with E-state index < -0.39 is 76.3 Å². The lowest BCUT2D eigenvalue weighted by molar-refractivity contribution is -0.192. The predicted octanol–water partition coefficient (Wildman–Crippen LogP) is 3.68. The van der Waals surface area contributed by atoms with Crippen molar-refractivity contribution >= 4 is 17.7 Å². The van der Waals surface area contributed by atoms with E-state index in [1.54, 1.807) is 57.2 Å². The van der Waals surface area contributed by atoms with E-state index in [4.69, 9.17) is 9.47 Å². The predicted molar refractivity (Wildman–Crippen MR) is 161 cm³/mol. The van der Waals surface area contributed by atoms with E-state index >= 15 is 0 Å². The lowest BCUT2D eigenvalue weighted by Crippen LogP contribution is -2.66. The molecule has 0 amide bonds. The highest BCUT2D eigenvalue weighted by Crippen LogP contribution is 2.75. The smallest absolute Gasteiger partial charge is 0.338 e. The van der Waals surface area contributed by atoms with Crippen molar-refractivity contribution in [3.8, 4) is 0 Å². The third-order valence-electron chi connectivity index (χ3n) is 11.1. The summed E-state index contributed by atoms with van der Waals surface area (Å²) >= 11 is 0. The van der Waals surface area contributed by atoms with Crippen molar-refractivity contribution in [2.75, 3.05) is 13.2 Å². The zero-order valence-electron chi connectivity index (χ0n) is 26.1. The summed E-state index contributed by atoms with van der Waals surface area (Å²) in [7, 11) is 0. The molecule has 0 saturated heterocycles. The van der Waals surface area contributed by atoms with E-state index in [2.05, 4.69) is 6.92 Å². The largest absolute Gasteiger partial charge is 0.458 e. The van der Waals surface area contributed by atoms with Crippen LogP contribution in [0.1, 0.15) is 83.0 Å². The van der Waals surface area contributed by atoms with Gasteiger partial charge in [-0.05, 0) is 49.0 Å². The summed E-state index contributed by atoms with van der Waals surface area (Å²) in [5.41, 5.74) is -5.60. The molecule has 240 valence electrons. The first-order valence-corrected chi connectivity index (χ1v) is 15.9. The Kier molecular flexibility index (Phi) is 8.74. The number of unbranched alkanes of at least 4 members (excludes halogenated alkanes) is 4. The number of hydrogen-bond donors (Lipinski definition) is 4. The molecule has 9 heteroatoms. The number of Topliss-reactive ketones (excluding diaryl/α,β-unsaturated/α-hetero) is 1. The summed E-state index contributed by atoms with van der Waals surface area (Å²) in [5.74, 6) is -3.90. The summed E-state index contributed by atoms with van der Waals surface area (Å²) in [6, 6.07) is 8.24. The standard InChI is InChI=1S/C35H46O9/c1-5-6-7-8-12-15-26(38)44-34-18-22(3)33-17-21(2)30(43-31(41)23-13-10-9-11-14-23)35(33,42)28(39)24(19-36)16-25(29(33)40)27(34)32(34,4)20-37/h9-11,13-14,16-17,22,25,27-28,30,36-37,39,42H,5-8,12,15,18-20H2,1-4H3/t22-,25+,27-,28-,30+,32?,33+,34+,35+/m1/s1. The van der Waals surface area contributed by atoms with Crippen LogP contribution >= 0.6 is 0 Å². The molecule has 0 radical (unpaired) electrons. The Morgan fingerprint density at radius 3 is 2.39 bits per heavy atom. The number of fused-ring (bicyclic) bond motifs is 3. The maximum atomic E-state index is 14.9. The second-order valence-electron chi connectivity index (χ2n) is 13.6. The minimum Gasteiger partial charge on any atom is -0.458 e. The van der Waals surface area contributed by atoms with Crippen molar-refractivity contribution in [3.05, 3.63) is 59.2 Å². The lowest BCUT2D eigenvalue weighted by atomic mass is 9.58. The van der Waals surface area contributed by atoms with Gasteiger partial charge in [0.25, 0.3) is 0 Å². The Labute approximate surface area is 259 Å². The topological polar surface area (TPSA) is 151 Å². The monoisotopic (exact) mass is 610 g/mol. The van der Waals surface area contributed by atoms with Crippen LogP contribution in [0.25, 0.3) is 0 Å². The van der Waals surface area contributed by atoms with Gasteiger partial charge < -0.3 is 29.9 Å². The minimum atomic E-state index is -2.35. The van der Waals surface area contributed by atoms with Gasteiger partial charge >= 0.3 is 11.9 Å². The van der Waals surface area contributed by atoms with Gasteiger partial charge in [0.05, 0.1) is 24.2 Å². The van der Waals surface area contributed by atoms with Gasteiger partial charge in [0.1, 0.15) is 11.7 Å². The number of ether oxygens (including phenoxy) is 2. The van der Waals surface area contributed by atoms with Gasteiger partial charge in [-0.3, -0.25) is 9.59 Å². The van der Waals surface area contributed by atoms with Crippen LogP contribution in [0.15, 0.2) is 53.6 Å². The van der Waals surface area contributed by atoms with E-state index in [-0.39, 0.29) is 30.6 Å². The number of aliphatic hydroxyl groups excluding tert-OH is 3. The summed E-state index contributed by atoms with van der Waals surface area (Å²) in [4.78, 5) is 41.3. The number of aliphatic hydroxyl groups is 4. The number of ketones is 1. The first-order chi connectivity index (χ1) is 20.9. The molecule has 1 unspecified atom stereocenters. The number of benzene rings is 1. The zero-order valence-corrected chi connectivity index (χ0v) is 26.1. The number of carbonyl (C=O) groups excluding carboxylic acids is 3. The van der Waals surface area contributed by atoms with Gasteiger partial charge in [-0.2, -0.15) is 0 Å². The Morgan fingerprint density at radius 2 is 1.75 bits per heavy atom. The van der Waals surface area contributed by atoms with Crippen molar-refractivity contribution in [2.24, 2.45) is 28.6 Å². The summed E-state index contributed by atoms with van der Waals surface area (Å²) < 4.78 is 12.2. The molecule has 1 spiro atoms. The van der Waals surface area contributed by atoms with Gasteiger partial charge in [-0.25, -0.2) is 4.79 Å². The molecule has 4 aliphatic rings. The highest BCUT2D eigenvalue weighted by Gasteiger charge is 2.84. The quantitative estimate of drug-likeness (QED) is 0.167. The Bertz CT molecular complexity index is 1350. The first-order valence-electron chi connectivity index (χ1n) is 15.9. The second kappa shape index (κ2) is 11.8. The molecule has 5 rings (SSSR count).